The summed E-state index contributed by atoms with van der Waals surface area (Å²) in [4.78, 5) is 8.32. The molecule has 2 aliphatic rings. The highest BCUT2D eigenvalue weighted by molar-refractivity contribution is 7.11. The lowest BCUT2D eigenvalue weighted by atomic mass is 10.0. The average molecular weight is 519 g/mol. The van der Waals surface area contributed by atoms with Crippen LogP contribution in [0.4, 0.5) is 0 Å². The van der Waals surface area contributed by atoms with E-state index in [1.165, 1.54) is 0 Å². The Balaban J connectivity index is 1.31. The Kier molecular flexibility index (Phi) is 6.18. The molecule has 0 radical (unpaired) electrons. The summed E-state index contributed by atoms with van der Waals surface area (Å²) in [5.74, 6) is 0.578. The van der Waals surface area contributed by atoms with Crippen molar-refractivity contribution in [2.45, 2.75) is 58.7 Å². The number of nitrogens with zero attached hydrogens (tertiary/aromatic N) is 8. The molecular weight excluding hydrogens is 488 g/mol. The van der Waals surface area contributed by atoms with E-state index >= 15 is 0 Å². The summed E-state index contributed by atoms with van der Waals surface area (Å²) >= 11 is 1.65. The van der Waals surface area contributed by atoms with Crippen molar-refractivity contribution >= 4 is 16.9 Å². The molecule has 1 atom stereocenters. The van der Waals surface area contributed by atoms with Crippen molar-refractivity contribution < 1.29 is 9.47 Å². The van der Waals surface area contributed by atoms with Crippen molar-refractivity contribution in [3.05, 3.63) is 45.3 Å². The van der Waals surface area contributed by atoms with Crippen LogP contribution in [-0.2, 0) is 4.74 Å². The molecule has 0 saturated carbocycles. The Morgan fingerprint density at radius 1 is 1.19 bits per heavy atom. The fourth-order valence-corrected chi connectivity index (χ4v) is 6.34. The van der Waals surface area contributed by atoms with Gasteiger partial charge in [-0.1, -0.05) is 5.21 Å². The zero-order valence-electron chi connectivity index (χ0n) is 21.5. The van der Waals surface area contributed by atoms with Crippen molar-refractivity contribution in [2.24, 2.45) is 0 Å². The Hall–Kier alpha value is -3.33. The molecule has 4 aromatic rings. The Morgan fingerprint density at radius 2 is 1.97 bits per heavy atom. The van der Waals surface area contributed by atoms with Crippen LogP contribution in [0.25, 0.3) is 16.8 Å². The molecule has 37 heavy (non-hydrogen) atoms. The molecule has 0 bridgehead atoms. The number of fused-ring (bicyclic) bond motifs is 1. The van der Waals surface area contributed by atoms with Gasteiger partial charge in [-0.05, 0) is 46.6 Å². The van der Waals surface area contributed by atoms with E-state index in [-0.39, 0.29) is 6.10 Å². The van der Waals surface area contributed by atoms with Gasteiger partial charge in [0.15, 0.2) is 0 Å². The van der Waals surface area contributed by atoms with Crippen LogP contribution in [-0.4, -0.2) is 66.8 Å². The maximum absolute atomic E-state index is 9.69. The first-order chi connectivity index (χ1) is 17.9. The van der Waals surface area contributed by atoms with E-state index in [0.717, 1.165) is 71.7 Å². The number of thiazole rings is 1. The molecule has 11 heteroatoms. The molecule has 10 nitrogen and oxygen atoms in total. The third-order valence-corrected chi connectivity index (χ3v) is 8.41. The van der Waals surface area contributed by atoms with Crippen LogP contribution in [0.1, 0.15) is 58.7 Å². The maximum atomic E-state index is 9.69. The highest BCUT2D eigenvalue weighted by Gasteiger charge is 2.31. The largest absolute Gasteiger partial charge is 0.482 e. The lowest BCUT2D eigenvalue weighted by molar-refractivity contribution is -0.0735. The van der Waals surface area contributed by atoms with E-state index in [9.17, 15) is 5.26 Å². The topological polar surface area (TPSA) is 106 Å². The maximum Gasteiger partial charge on any atom is 0.148 e. The quantitative estimate of drug-likeness (QED) is 0.377. The van der Waals surface area contributed by atoms with Crippen LogP contribution >= 0.6 is 11.3 Å². The molecule has 6 rings (SSSR count). The normalized spacial score (nSPS) is 18.1. The number of hydrogen-bond acceptors (Lipinski definition) is 9. The molecule has 4 aromatic heterocycles. The van der Waals surface area contributed by atoms with Gasteiger partial charge >= 0.3 is 0 Å². The van der Waals surface area contributed by atoms with E-state index in [1.54, 1.807) is 22.0 Å². The third-order valence-electron chi connectivity index (χ3n) is 7.51. The zero-order valence-corrected chi connectivity index (χ0v) is 22.3. The van der Waals surface area contributed by atoms with Crippen LogP contribution in [0, 0.1) is 32.1 Å². The van der Waals surface area contributed by atoms with E-state index in [1.807, 2.05) is 26.1 Å². The predicted octanol–water partition coefficient (Wildman–Crippen LogP) is 4.02. The lowest BCUT2D eigenvalue weighted by Gasteiger charge is -2.41. The standard InChI is InChI=1S/C26H30N8O2S/c1-15-24(30-31-34(15)21-5-7-32(8-6-21)22-13-35-14-22)19-9-23(26-20(10-27)11-28-33(26)12-19)36-16(2)25-17(3)37-18(4)29-25/h9,11-12,16,21-22H,5-8,13-14H2,1-4H3/t16-/m0/s1. The van der Waals surface area contributed by atoms with Crippen LogP contribution in [0.5, 0.6) is 5.75 Å². The number of piperidine rings is 1. The minimum atomic E-state index is -0.284. The number of nitriles is 1. The molecule has 2 aliphatic heterocycles. The van der Waals surface area contributed by atoms with Gasteiger partial charge in [0.1, 0.15) is 34.7 Å². The number of hydrogen-bond donors (Lipinski definition) is 0. The minimum absolute atomic E-state index is 0.284. The monoisotopic (exact) mass is 518 g/mol. The van der Waals surface area contributed by atoms with Crippen LogP contribution in [0.3, 0.4) is 0 Å². The fraction of sp³-hybridized carbons (Fsp3) is 0.500. The first-order valence-corrected chi connectivity index (χ1v) is 13.5. The van der Waals surface area contributed by atoms with Gasteiger partial charge in [-0.2, -0.15) is 10.4 Å². The number of aryl methyl sites for hydroxylation is 2. The van der Waals surface area contributed by atoms with Gasteiger partial charge in [0.25, 0.3) is 0 Å². The highest BCUT2D eigenvalue weighted by Crippen LogP contribution is 2.35. The first-order valence-electron chi connectivity index (χ1n) is 12.7. The molecule has 0 aromatic carbocycles. The minimum Gasteiger partial charge on any atom is -0.482 e. The Bertz CT molecular complexity index is 1490. The van der Waals surface area contributed by atoms with Crippen molar-refractivity contribution in [1.29, 1.82) is 5.26 Å². The molecule has 0 spiro atoms. The summed E-state index contributed by atoms with van der Waals surface area (Å²) in [5, 5.41) is 24.3. The number of likely N-dealkylation sites (tertiary alicyclic amines) is 1. The van der Waals surface area contributed by atoms with E-state index in [2.05, 4.69) is 49.9 Å². The molecule has 0 amide bonds. The molecule has 192 valence electrons. The van der Waals surface area contributed by atoms with Crippen molar-refractivity contribution in [3.63, 3.8) is 0 Å². The summed E-state index contributed by atoms with van der Waals surface area (Å²) in [6.45, 7) is 11.9. The summed E-state index contributed by atoms with van der Waals surface area (Å²) in [6, 6.07) is 5.08. The van der Waals surface area contributed by atoms with Gasteiger partial charge in [0.05, 0.1) is 47.9 Å². The molecule has 2 fully saturated rings. The molecular formula is C26H30N8O2S. The molecule has 6 heterocycles. The number of aromatic nitrogens is 6. The van der Waals surface area contributed by atoms with Crippen LogP contribution < -0.4 is 4.74 Å². The summed E-state index contributed by atoms with van der Waals surface area (Å²) < 4.78 is 15.6. The fourth-order valence-electron chi connectivity index (χ4n) is 5.44. The Labute approximate surface area is 219 Å². The molecule has 0 unspecified atom stereocenters. The lowest BCUT2D eigenvalue weighted by Crippen LogP contribution is -2.52. The van der Waals surface area contributed by atoms with Crippen molar-refractivity contribution in [2.75, 3.05) is 26.3 Å². The zero-order chi connectivity index (χ0) is 25.7. The van der Waals surface area contributed by atoms with E-state index < -0.39 is 0 Å². The van der Waals surface area contributed by atoms with Gasteiger partial charge < -0.3 is 9.47 Å². The number of pyridine rings is 1. The molecule has 2 saturated heterocycles. The Morgan fingerprint density at radius 3 is 2.62 bits per heavy atom. The second-order valence-corrected chi connectivity index (χ2v) is 11.3. The molecule has 0 aliphatic carbocycles. The van der Waals surface area contributed by atoms with Crippen LogP contribution in [0.15, 0.2) is 18.5 Å². The van der Waals surface area contributed by atoms with E-state index in [0.29, 0.717) is 28.9 Å². The highest BCUT2D eigenvalue weighted by atomic mass is 32.1. The molecule has 0 N–H and O–H groups in total. The number of rotatable bonds is 6. The third kappa shape index (κ3) is 4.29. The van der Waals surface area contributed by atoms with E-state index in [4.69, 9.17) is 9.47 Å². The number of ether oxygens (including phenoxy) is 2. The van der Waals surface area contributed by atoms with Gasteiger partial charge in [0.2, 0.25) is 0 Å². The average Bonchev–Trinajstić information content (AvgIpc) is 3.54. The predicted molar refractivity (Wildman–Crippen MR) is 139 cm³/mol. The van der Waals surface area contributed by atoms with Gasteiger partial charge in [-0.3, -0.25) is 4.90 Å². The summed E-state index contributed by atoms with van der Waals surface area (Å²) in [5.41, 5.74) is 4.67. The van der Waals surface area contributed by atoms with Crippen molar-refractivity contribution in [1.82, 2.24) is 34.5 Å². The first kappa shape index (κ1) is 24.0. The van der Waals surface area contributed by atoms with Crippen LogP contribution in [0.2, 0.25) is 0 Å². The summed E-state index contributed by atoms with van der Waals surface area (Å²) in [7, 11) is 0. The summed E-state index contributed by atoms with van der Waals surface area (Å²) in [6.07, 6.45) is 5.27. The van der Waals surface area contributed by atoms with Gasteiger partial charge in [0, 0.05) is 29.7 Å². The van der Waals surface area contributed by atoms with Gasteiger partial charge in [-0.25, -0.2) is 14.2 Å². The second kappa shape index (κ2) is 9.52. The smallest absolute Gasteiger partial charge is 0.148 e. The SMILES string of the molecule is Cc1nc([C@H](C)Oc2cc(-c3nnn(C4CCN(C5COC5)CC4)c3C)cn3ncc(C#N)c23)c(C)s1. The van der Waals surface area contributed by atoms with Crippen molar-refractivity contribution in [3.8, 4) is 23.1 Å². The van der Waals surface area contributed by atoms with Gasteiger partial charge in [-0.15, -0.1) is 16.4 Å². The second-order valence-electron chi connectivity index (χ2n) is 9.92.